The van der Waals surface area contributed by atoms with Crippen molar-refractivity contribution in [1.82, 2.24) is 4.37 Å². The molecule has 0 atom stereocenters. The molecular weight excluding hydrogens is 309 g/mol. The number of carbonyl (C=O) groups excluding carboxylic acids is 1. The van der Waals surface area contributed by atoms with Crippen LogP contribution in [0.4, 0.5) is 9.18 Å². The number of nitrogens with zero attached hydrogens (tertiary/aromatic N) is 1. The molecular formula is C12H9ClFNO4S. The summed E-state index contributed by atoms with van der Waals surface area (Å²) in [5.41, 5.74) is 0.503. The highest BCUT2D eigenvalue weighted by atomic mass is 35.5. The maximum Gasteiger partial charge on any atom is 0.514 e. The fraction of sp³-hybridized carbons (Fsp3) is 0.167. The maximum atomic E-state index is 13.9. The Morgan fingerprint density at radius 1 is 1.35 bits per heavy atom. The van der Waals surface area contributed by atoms with Gasteiger partial charge in [0.05, 0.1) is 24.9 Å². The van der Waals surface area contributed by atoms with Gasteiger partial charge in [0.25, 0.3) is 0 Å². The van der Waals surface area contributed by atoms with E-state index in [9.17, 15) is 9.18 Å². The molecule has 0 aliphatic rings. The van der Waals surface area contributed by atoms with Gasteiger partial charge in [-0.25, -0.2) is 9.18 Å². The standard InChI is InChI=1S/C12H9ClFNO4S/c1-17-10-3-6(8(14)4-7(10)13)9-5-11(20-15-9)19-12(16)18-2/h3-5H,1-2H3. The molecule has 0 aliphatic carbocycles. The van der Waals surface area contributed by atoms with E-state index in [-0.39, 0.29) is 15.6 Å². The van der Waals surface area contributed by atoms with E-state index < -0.39 is 12.0 Å². The molecule has 20 heavy (non-hydrogen) atoms. The van der Waals surface area contributed by atoms with Crippen molar-refractivity contribution in [3.63, 3.8) is 0 Å². The molecule has 106 valence electrons. The average Bonchev–Trinajstić information content (AvgIpc) is 2.87. The zero-order valence-corrected chi connectivity index (χ0v) is 12.0. The Morgan fingerprint density at radius 2 is 2.10 bits per heavy atom. The summed E-state index contributed by atoms with van der Waals surface area (Å²) in [6, 6.07) is 3.98. The third-order valence-electron chi connectivity index (χ3n) is 2.36. The van der Waals surface area contributed by atoms with Gasteiger partial charge in [0, 0.05) is 23.2 Å². The summed E-state index contributed by atoms with van der Waals surface area (Å²) in [5, 5.41) is 0.357. The van der Waals surface area contributed by atoms with Crippen LogP contribution in [0, 0.1) is 5.82 Å². The molecule has 0 bridgehead atoms. The lowest BCUT2D eigenvalue weighted by atomic mass is 10.1. The van der Waals surface area contributed by atoms with Crippen molar-refractivity contribution in [3.05, 3.63) is 29.0 Å². The highest BCUT2D eigenvalue weighted by molar-refractivity contribution is 7.08. The first-order valence-corrected chi connectivity index (χ1v) is 6.46. The van der Waals surface area contributed by atoms with Gasteiger partial charge >= 0.3 is 6.16 Å². The van der Waals surface area contributed by atoms with Crippen molar-refractivity contribution in [2.24, 2.45) is 0 Å². The van der Waals surface area contributed by atoms with Crippen LogP contribution >= 0.6 is 23.1 Å². The zero-order chi connectivity index (χ0) is 14.7. The number of benzene rings is 1. The topological polar surface area (TPSA) is 57.7 Å². The van der Waals surface area contributed by atoms with E-state index in [0.717, 1.165) is 17.6 Å². The fourth-order valence-electron chi connectivity index (χ4n) is 1.44. The van der Waals surface area contributed by atoms with Crippen molar-refractivity contribution in [1.29, 1.82) is 0 Å². The number of methoxy groups -OCH3 is 2. The Balaban J connectivity index is 2.34. The number of hydrogen-bond acceptors (Lipinski definition) is 6. The van der Waals surface area contributed by atoms with Crippen LogP contribution in [0.2, 0.25) is 5.02 Å². The number of ether oxygens (including phenoxy) is 3. The van der Waals surface area contributed by atoms with Crippen molar-refractivity contribution in [2.75, 3.05) is 14.2 Å². The first-order valence-electron chi connectivity index (χ1n) is 5.31. The SMILES string of the molecule is COC(=O)Oc1cc(-c2cc(OC)c(Cl)cc2F)ns1. The molecule has 2 rings (SSSR count). The number of aromatic nitrogens is 1. The molecule has 0 fully saturated rings. The third-order valence-corrected chi connectivity index (χ3v) is 3.32. The van der Waals surface area contributed by atoms with Crippen molar-refractivity contribution in [2.45, 2.75) is 0 Å². The molecule has 2 aromatic rings. The summed E-state index contributed by atoms with van der Waals surface area (Å²) in [6.45, 7) is 0. The van der Waals surface area contributed by atoms with E-state index in [2.05, 4.69) is 9.11 Å². The number of hydrogen-bond donors (Lipinski definition) is 0. The summed E-state index contributed by atoms with van der Waals surface area (Å²) >= 11 is 6.71. The highest BCUT2D eigenvalue weighted by Gasteiger charge is 2.15. The van der Waals surface area contributed by atoms with Gasteiger partial charge in [0.2, 0.25) is 5.06 Å². The van der Waals surface area contributed by atoms with Gasteiger partial charge < -0.3 is 14.2 Å². The summed E-state index contributed by atoms with van der Waals surface area (Å²) in [6.07, 6.45) is -0.866. The lowest BCUT2D eigenvalue weighted by Gasteiger charge is -2.06. The maximum absolute atomic E-state index is 13.9. The van der Waals surface area contributed by atoms with Gasteiger partial charge in [-0.05, 0) is 12.1 Å². The van der Waals surface area contributed by atoms with E-state index in [1.807, 2.05) is 0 Å². The highest BCUT2D eigenvalue weighted by Crippen LogP contribution is 2.35. The Morgan fingerprint density at radius 3 is 2.75 bits per heavy atom. The molecule has 0 amide bonds. The predicted molar refractivity (Wildman–Crippen MR) is 72.1 cm³/mol. The molecule has 0 saturated carbocycles. The summed E-state index contributed by atoms with van der Waals surface area (Å²) in [5.74, 6) is -0.225. The van der Waals surface area contributed by atoms with Crippen LogP contribution in [0.15, 0.2) is 18.2 Å². The largest absolute Gasteiger partial charge is 0.514 e. The van der Waals surface area contributed by atoms with Gasteiger partial charge in [-0.15, -0.1) is 0 Å². The zero-order valence-electron chi connectivity index (χ0n) is 10.5. The van der Waals surface area contributed by atoms with Crippen molar-refractivity contribution < 1.29 is 23.4 Å². The molecule has 0 unspecified atom stereocenters. The average molecular weight is 318 g/mol. The van der Waals surface area contributed by atoms with E-state index in [4.69, 9.17) is 21.1 Å². The minimum absolute atomic E-state index is 0.162. The minimum Gasteiger partial charge on any atom is -0.495 e. The second-order valence-corrected chi connectivity index (χ2v) is 4.73. The van der Waals surface area contributed by atoms with Crippen LogP contribution in [-0.4, -0.2) is 24.7 Å². The fourth-order valence-corrected chi connectivity index (χ4v) is 2.28. The van der Waals surface area contributed by atoms with E-state index in [0.29, 0.717) is 11.4 Å². The number of carbonyl (C=O) groups is 1. The summed E-state index contributed by atoms with van der Waals surface area (Å²) in [4.78, 5) is 11.0. The molecule has 0 radical (unpaired) electrons. The van der Waals surface area contributed by atoms with Crippen LogP contribution in [0.25, 0.3) is 11.3 Å². The van der Waals surface area contributed by atoms with Crippen LogP contribution < -0.4 is 9.47 Å². The lowest BCUT2D eigenvalue weighted by Crippen LogP contribution is -2.05. The normalized spacial score (nSPS) is 10.2. The van der Waals surface area contributed by atoms with Crippen LogP contribution in [0.5, 0.6) is 10.8 Å². The van der Waals surface area contributed by atoms with Crippen LogP contribution in [-0.2, 0) is 4.74 Å². The van der Waals surface area contributed by atoms with E-state index in [1.165, 1.54) is 26.4 Å². The van der Waals surface area contributed by atoms with Crippen LogP contribution in [0.1, 0.15) is 0 Å². The second kappa shape index (κ2) is 6.06. The smallest absolute Gasteiger partial charge is 0.495 e. The van der Waals surface area contributed by atoms with Gasteiger partial charge in [-0.2, -0.15) is 4.37 Å². The van der Waals surface area contributed by atoms with E-state index in [1.54, 1.807) is 0 Å². The molecule has 0 aliphatic heterocycles. The Kier molecular flexibility index (Phi) is 4.41. The number of rotatable bonds is 3. The summed E-state index contributed by atoms with van der Waals surface area (Å²) in [7, 11) is 2.61. The van der Waals surface area contributed by atoms with E-state index >= 15 is 0 Å². The molecule has 1 aromatic heterocycles. The lowest BCUT2D eigenvalue weighted by molar-refractivity contribution is 0.123. The molecule has 0 saturated heterocycles. The molecule has 1 aromatic carbocycles. The summed E-state index contributed by atoms with van der Waals surface area (Å²) < 4.78 is 32.1. The molecule has 8 heteroatoms. The van der Waals surface area contributed by atoms with Gasteiger partial charge in [0.15, 0.2) is 0 Å². The molecule has 0 N–H and O–H groups in total. The Hall–Kier alpha value is -1.86. The second-order valence-electron chi connectivity index (χ2n) is 3.55. The molecule has 5 nitrogen and oxygen atoms in total. The quantitative estimate of drug-likeness (QED) is 0.807. The van der Waals surface area contributed by atoms with Gasteiger partial charge in [-0.1, -0.05) is 11.6 Å². The van der Waals surface area contributed by atoms with Gasteiger partial charge in [0.1, 0.15) is 11.6 Å². The van der Waals surface area contributed by atoms with Crippen LogP contribution in [0.3, 0.4) is 0 Å². The Labute approximate surface area is 123 Å². The monoisotopic (exact) mass is 317 g/mol. The first-order chi connectivity index (χ1) is 9.55. The van der Waals surface area contributed by atoms with Gasteiger partial charge in [-0.3, -0.25) is 0 Å². The predicted octanol–water partition coefficient (Wildman–Crippen LogP) is 3.76. The van der Waals surface area contributed by atoms with Crippen molar-refractivity contribution in [3.8, 4) is 22.1 Å². The third kappa shape index (κ3) is 3.00. The number of halogens is 2. The minimum atomic E-state index is -0.866. The molecule has 1 heterocycles. The molecule has 0 spiro atoms. The van der Waals surface area contributed by atoms with Crippen molar-refractivity contribution >= 4 is 29.3 Å². The first kappa shape index (κ1) is 14.5. The Bertz CT molecular complexity index is 646.